The van der Waals surface area contributed by atoms with Crippen molar-refractivity contribution in [1.82, 2.24) is 0 Å². The van der Waals surface area contributed by atoms with Gasteiger partial charge in [-0.3, -0.25) is 0 Å². The molecule has 0 saturated carbocycles. The number of nitrogens with two attached hydrogens (primary N) is 1. The zero-order valence-electron chi connectivity index (χ0n) is 7.52. The fourth-order valence-electron chi connectivity index (χ4n) is 1.35. The SMILES string of the molecule is CCc1ccc(Br)c(CC)c1N. The van der Waals surface area contributed by atoms with E-state index in [1.165, 1.54) is 11.1 Å². The summed E-state index contributed by atoms with van der Waals surface area (Å²) in [6.45, 7) is 4.24. The summed E-state index contributed by atoms with van der Waals surface area (Å²) in [5.41, 5.74) is 9.40. The van der Waals surface area contributed by atoms with Gasteiger partial charge in [0.25, 0.3) is 0 Å². The van der Waals surface area contributed by atoms with Gasteiger partial charge in [0, 0.05) is 10.2 Å². The number of halogens is 1. The molecule has 0 spiro atoms. The second-order valence-corrected chi connectivity index (χ2v) is 3.66. The van der Waals surface area contributed by atoms with Gasteiger partial charge in [-0.15, -0.1) is 0 Å². The average molecular weight is 228 g/mol. The minimum absolute atomic E-state index is 0.953. The van der Waals surface area contributed by atoms with Crippen molar-refractivity contribution in [3.63, 3.8) is 0 Å². The number of aryl methyl sites for hydroxylation is 1. The van der Waals surface area contributed by atoms with Crippen molar-refractivity contribution in [2.24, 2.45) is 0 Å². The van der Waals surface area contributed by atoms with Crippen molar-refractivity contribution < 1.29 is 0 Å². The highest BCUT2D eigenvalue weighted by atomic mass is 79.9. The summed E-state index contributed by atoms with van der Waals surface area (Å²) in [6, 6.07) is 4.16. The van der Waals surface area contributed by atoms with E-state index in [9.17, 15) is 0 Å². The van der Waals surface area contributed by atoms with Crippen LogP contribution in [0.5, 0.6) is 0 Å². The maximum absolute atomic E-state index is 5.98. The predicted octanol–water partition coefficient (Wildman–Crippen LogP) is 3.16. The molecule has 2 N–H and O–H groups in total. The van der Waals surface area contributed by atoms with E-state index in [0.717, 1.165) is 23.0 Å². The van der Waals surface area contributed by atoms with Crippen molar-refractivity contribution in [3.05, 3.63) is 27.7 Å². The Kier molecular flexibility index (Phi) is 3.15. The highest BCUT2D eigenvalue weighted by molar-refractivity contribution is 9.10. The van der Waals surface area contributed by atoms with Crippen LogP contribution in [-0.2, 0) is 12.8 Å². The lowest BCUT2D eigenvalue weighted by molar-refractivity contribution is 1.09. The van der Waals surface area contributed by atoms with Crippen LogP contribution in [0.4, 0.5) is 5.69 Å². The van der Waals surface area contributed by atoms with Crippen LogP contribution in [0.3, 0.4) is 0 Å². The maximum Gasteiger partial charge on any atom is 0.0390 e. The first kappa shape index (κ1) is 9.59. The van der Waals surface area contributed by atoms with Gasteiger partial charge < -0.3 is 5.73 Å². The Hall–Kier alpha value is -0.500. The van der Waals surface area contributed by atoms with Gasteiger partial charge in [0.15, 0.2) is 0 Å². The molecule has 0 bridgehead atoms. The van der Waals surface area contributed by atoms with Gasteiger partial charge in [0.2, 0.25) is 0 Å². The fourth-order valence-corrected chi connectivity index (χ4v) is 1.98. The molecule has 0 radical (unpaired) electrons. The molecule has 1 rings (SSSR count). The highest BCUT2D eigenvalue weighted by Gasteiger charge is 2.05. The Morgan fingerprint density at radius 1 is 1.25 bits per heavy atom. The Balaban J connectivity index is 3.24. The van der Waals surface area contributed by atoms with Crippen LogP contribution in [0.2, 0.25) is 0 Å². The zero-order valence-corrected chi connectivity index (χ0v) is 9.11. The number of hydrogen-bond donors (Lipinski definition) is 1. The highest BCUT2D eigenvalue weighted by Crippen LogP contribution is 2.26. The van der Waals surface area contributed by atoms with Gasteiger partial charge in [0.05, 0.1) is 0 Å². The molecule has 0 aliphatic carbocycles. The van der Waals surface area contributed by atoms with Crippen molar-refractivity contribution in [1.29, 1.82) is 0 Å². The van der Waals surface area contributed by atoms with E-state index in [0.29, 0.717) is 0 Å². The van der Waals surface area contributed by atoms with Crippen molar-refractivity contribution in [2.45, 2.75) is 26.7 Å². The second kappa shape index (κ2) is 3.94. The summed E-state index contributed by atoms with van der Waals surface area (Å²) in [7, 11) is 0. The van der Waals surface area contributed by atoms with E-state index >= 15 is 0 Å². The fraction of sp³-hybridized carbons (Fsp3) is 0.400. The molecule has 0 saturated heterocycles. The Bertz CT molecular complexity index is 281. The van der Waals surface area contributed by atoms with E-state index in [4.69, 9.17) is 5.73 Å². The van der Waals surface area contributed by atoms with Crippen LogP contribution in [-0.4, -0.2) is 0 Å². The predicted molar refractivity (Wildman–Crippen MR) is 57.3 cm³/mol. The van der Waals surface area contributed by atoms with Gasteiger partial charge in [0.1, 0.15) is 0 Å². The van der Waals surface area contributed by atoms with E-state index in [1.807, 2.05) is 0 Å². The normalized spacial score (nSPS) is 10.2. The molecule has 0 fully saturated rings. The molecule has 0 heterocycles. The molecule has 12 heavy (non-hydrogen) atoms. The summed E-state index contributed by atoms with van der Waals surface area (Å²) in [5, 5.41) is 0. The Morgan fingerprint density at radius 3 is 2.42 bits per heavy atom. The zero-order chi connectivity index (χ0) is 9.14. The van der Waals surface area contributed by atoms with Crippen LogP contribution in [0.1, 0.15) is 25.0 Å². The van der Waals surface area contributed by atoms with E-state index < -0.39 is 0 Å². The summed E-state index contributed by atoms with van der Waals surface area (Å²) in [5.74, 6) is 0. The number of benzene rings is 1. The molecular weight excluding hydrogens is 214 g/mol. The molecule has 0 unspecified atom stereocenters. The number of hydrogen-bond acceptors (Lipinski definition) is 1. The molecule has 1 aromatic carbocycles. The molecule has 1 aromatic rings. The molecule has 0 amide bonds. The van der Waals surface area contributed by atoms with Gasteiger partial charge >= 0.3 is 0 Å². The Labute approximate surface area is 82.1 Å². The second-order valence-electron chi connectivity index (χ2n) is 2.81. The van der Waals surface area contributed by atoms with Crippen LogP contribution in [0.15, 0.2) is 16.6 Å². The third-order valence-corrected chi connectivity index (χ3v) is 2.87. The summed E-state index contributed by atoms with van der Waals surface area (Å²) in [6.07, 6.45) is 1.99. The summed E-state index contributed by atoms with van der Waals surface area (Å²) >= 11 is 3.49. The number of anilines is 1. The lowest BCUT2D eigenvalue weighted by Crippen LogP contribution is -1.99. The molecule has 1 nitrogen and oxygen atoms in total. The summed E-state index contributed by atoms with van der Waals surface area (Å²) < 4.78 is 1.12. The summed E-state index contributed by atoms with van der Waals surface area (Å²) in [4.78, 5) is 0. The van der Waals surface area contributed by atoms with Crippen molar-refractivity contribution in [3.8, 4) is 0 Å². The van der Waals surface area contributed by atoms with Gasteiger partial charge in [-0.05, 0) is 30.0 Å². The molecule has 2 heteroatoms. The standard InChI is InChI=1S/C10H14BrN/c1-3-7-5-6-9(11)8(4-2)10(7)12/h5-6H,3-4,12H2,1-2H3. The average Bonchev–Trinajstić information content (AvgIpc) is 2.06. The van der Waals surface area contributed by atoms with Crippen LogP contribution < -0.4 is 5.73 Å². The van der Waals surface area contributed by atoms with Crippen LogP contribution in [0, 0.1) is 0 Å². The molecule has 0 atom stereocenters. The number of nitrogen functional groups attached to an aromatic ring is 1. The number of rotatable bonds is 2. The largest absolute Gasteiger partial charge is 0.398 e. The van der Waals surface area contributed by atoms with Crippen molar-refractivity contribution >= 4 is 21.6 Å². The minimum Gasteiger partial charge on any atom is -0.398 e. The van der Waals surface area contributed by atoms with Gasteiger partial charge in [-0.2, -0.15) is 0 Å². The maximum atomic E-state index is 5.98. The first-order valence-corrected chi connectivity index (χ1v) is 5.05. The smallest absolute Gasteiger partial charge is 0.0390 e. The lowest BCUT2D eigenvalue weighted by atomic mass is 10.0. The van der Waals surface area contributed by atoms with E-state index in [1.54, 1.807) is 0 Å². The third kappa shape index (κ3) is 1.63. The van der Waals surface area contributed by atoms with Gasteiger partial charge in [-0.1, -0.05) is 35.8 Å². The van der Waals surface area contributed by atoms with Gasteiger partial charge in [-0.25, -0.2) is 0 Å². The first-order chi connectivity index (χ1) is 5.70. The quantitative estimate of drug-likeness (QED) is 0.773. The molecule has 0 aliphatic heterocycles. The topological polar surface area (TPSA) is 26.0 Å². The Morgan fingerprint density at radius 2 is 1.92 bits per heavy atom. The monoisotopic (exact) mass is 227 g/mol. The molecular formula is C10H14BrN. The van der Waals surface area contributed by atoms with E-state index in [2.05, 4.69) is 41.9 Å². The van der Waals surface area contributed by atoms with Crippen molar-refractivity contribution in [2.75, 3.05) is 5.73 Å². The van der Waals surface area contributed by atoms with Crippen LogP contribution >= 0.6 is 15.9 Å². The molecule has 66 valence electrons. The van der Waals surface area contributed by atoms with Crippen LogP contribution in [0.25, 0.3) is 0 Å². The molecule has 0 aromatic heterocycles. The molecule has 0 aliphatic rings. The first-order valence-electron chi connectivity index (χ1n) is 4.26. The van der Waals surface area contributed by atoms with E-state index in [-0.39, 0.29) is 0 Å². The minimum atomic E-state index is 0.953. The third-order valence-electron chi connectivity index (χ3n) is 2.12. The lowest BCUT2D eigenvalue weighted by Gasteiger charge is -2.09.